The van der Waals surface area contributed by atoms with Gasteiger partial charge in [0.1, 0.15) is 5.82 Å². The molecule has 1 aliphatic heterocycles. The van der Waals surface area contributed by atoms with Crippen LogP contribution in [0, 0.1) is 17.7 Å². The quantitative estimate of drug-likeness (QED) is 0.840. The topological polar surface area (TPSA) is 70.5 Å². The molecule has 1 fully saturated rings. The molecule has 0 aliphatic carbocycles. The first kappa shape index (κ1) is 17.1. The summed E-state index contributed by atoms with van der Waals surface area (Å²) >= 11 is 0. The Kier molecular flexibility index (Phi) is 4.09. The highest BCUT2D eigenvalue weighted by Crippen LogP contribution is 2.38. The molecule has 2 aromatic rings. The first-order valence-electron chi connectivity index (χ1n) is 7.31. The summed E-state index contributed by atoms with van der Waals surface area (Å²) in [5, 5.41) is 9.35. The maximum absolute atomic E-state index is 13.7. The lowest BCUT2D eigenvalue weighted by atomic mass is 9.96. The largest absolute Gasteiger partial charge is 0.481 e. The maximum atomic E-state index is 13.7. The second-order valence-corrected chi connectivity index (χ2v) is 5.83. The molecule has 1 N–H and O–H groups in total. The number of hydrogen-bond donors (Lipinski definition) is 1. The summed E-state index contributed by atoms with van der Waals surface area (Å²) in [6, 6.07) is 5.10. The molecular formula is C16H12F4N2O3. The number of carbonyl (C=O) groups is 2. The lowest BCUT2D eigenvalue weighted by Crippen LogP contribution is -2.34. The van der Waals surface area contributed by atoms with Crippen LogP contribution in [0.2, 0.25) is 0 Å². The van der Waals surface area contributed by atoms with Crippen LogP contribution in [0.25, 0.3) is 10.9 Å². The van der Waals surface area contributed by atoms with Gasteiger partial charge in [-0.3, -0.25) is 14.6 Å². The number of aliphatic carboxylic acids is 1. The van der Waals surface area contributed by atoms with E-state index >= 15 is 0 Å². The molecule has 2 heterocycles. The fourth-order valence-electron chi connectivity index (χ4n) is 3.04. The number of amides is 1. The highest BCUT2D eigenvalue weighted by molar-refractivity contribution is 6.05. The van der Waals surface area contributed by atoms with Gasteiger partial charge in [0.15, 0.2) is 0 Å². The van der Waals surface area contributed by atoms with E-state index in [0.717, 1.165) is 17.0 Å². The molecule has 5 nitrogen and oxygen atoms in total. The van der Waals surface area contributed by atoms with Gasteiger partial charge in [0, 0.05) is 24.7 Å². The normalized spacial score (nSPS) is 20.9. The zero-order valence-electron chi connectivity index (χ0n) is 12.6. The van der Waals surface area contributed by atoms with Crippen molar-refractivity contribution in [2.75, 3.05) is 13.1 Å². The number of rotatable bonds is 2. The molecule has 0 saturated carbocycles. The number of carboxylic acids is 1. The molecule has 2 atom stereocenters. The highest BCUT2D eigenvalue weighted by atomic mass is 19.4. The number of likely N-dealkylation sites (tertiary alicyclic amines) is 1. The number of nitrogens with zero attached hydrogens (tertiary/aromatic N) is 2. The lowest BCUT2D eigenvalue weighted by Gasteiger charge is -2.18. The highest BCUT2D eigenvalue weighted by Gasteiger charge is 2.53. The van der Waals surface area contributed by atoms with Crippen LogP contribution in [0.5, 0.6) is 0 Å². The third-order valence-corrected chi connectivity index (χ3v) is 4.24. The summed E-state index contributed by atoms with van der Waals surface area (Å²) < 4.78 is 52.9. The predicted octanol–water partition coefficient (Wildman–Crippen LogP) is 2.71. The van der Waals surface area contributed by atoms with Crippen LogP contribution in [-0.4, -0.2) is 46.1 Å². The molecule has 25 heavy (non-hydrogen) atoms. The van der Waals surface area contributed by atoms with Crippen molar-refractivity contribution in [1.29, 1.82) is 0 Å². The Hall–Kier alpha value is -2.71. The maximum Gasteiger partial charge on any atom is 0.394 e. The number of halogens is 4. The summed E-state index contributed by atoms with van der Waals surface area (Å²) in [7, 11) is 0. The average molecular weight is 356 g/mol. The molecule has 1 saturated heterocycles. The predicted molar refractivity (Wildman–Crippen MR) is 78.3 cm³/mol. The van der Waals surface area contributed by atoms with E-state index in [-0.39, 0.29) is 11.1 Å². The first-order chi connectivity index (χ1) is 11.7. The molecule has 3 rings (SSSR count). The van der Waals surface area contributed by atoms with Crippen LogP contribution in [0.3, 0.4) is 0 Å². The Morgan fingerprint density at radius 3 is 2.56 bits per heavy atom. The molecule has 1 amide bonds. The minimum Gasteiger partial charge on any atom is -0.481 e. The minimum atomic E-state index is -4.75. The summed E-state index contributed by atoms with van der Waals surface area (Å²) in [6.45, 7) is -1.38. The SMILES string of the molecule is O=C(O)[C@@H]1CN(C(=O)c2cc(F)cc3cccnc23)C[C@H]1C(F)(F)F. The zero-order chi connectivity index (χ0) is 18.4. The fraction of sp³-hybridized carbons (Fsp3) is 0.312. The van der Waals surface area contributed by atoms with Crippen molar-refractivity contribution in [3.05, 3.63) is 41.8 Å². The van der Waals surface area contributed by atoms with Crippen molar-refractivity contribution in [1.82, 2.24) is 9.88 Å². The number of fused-ring (bicyclic) bond motifs is 1. The van der Waals surface area contributed by atoms with E-state index in [9.17, 15) is 27.2 Å². The van der Waals surface area contributed by atoms with Gasteiger partial charge in [-0.25, -0.2) is 4.39 Å². The van der Waals surface area contributed by atoms with E-state index in [2.05, 4.69) is 4.98 Å². The Morgan fingerprint density at radius 2 is 1.96 bits per heavy atom. The van der Waals surface area contributed by atoms with Gasteiger partial charge in [-0.05, 0) is 18.2 Å². The van der Waals surface area contributed by atoms with Gasteiger partial charge in [0.05, 0.1) is 22.9 Å². The minimum absolute atomic E-state index is 0.149. The van der Waals surface area contributed by atoms with Crippen molar-refractivity contribution in [2.45, 2.75) is 6.18 Å². The molecule has 1 aliphatic rings. The fourth-order valence-corrected chi connectivity index (χ4v) is 3.04. The average Bonchev–Trinajstić information content (AvgIpc) is 2.99. The van der Waals surface area contributed by atoms with E-state index in [0.29, 0.717) is 5.39 Å². The van der Waals surface area contributed by atoms with Gasteiger partial charge in [-0.15, -0.1) is 0 Å². The summed E-state index contributed by atoms with van der Waals surface area (Å²) in [4.78, 5) is 28.5. The van der Waals surface area contributed by atoms with Crippen molar-refractivity contribution in [3.63, 3.8) is 0 Å². The van der Waals surface area contributed by atoms with Gasteiger partial charge < -0.3 is 10.0 Å². The van der Waals surface area contributed by atoms with Crippen molar-refractivity contribution in [2.24, 2.45) is 11.8 Å². The number of hydrogen-bond acceptors (Lipinski definition) is 3. The van der Waals surface area contributed by atoms with Crippen molar-refractivity contribution < 1.29 is 32.3 Å². The van der Waals surface area contributed by atoms with E-state index in [1.165, 1.54) is 18.3 Å². The molecule has 1 aromatic carbocycles. The Bertz CT molecular complexity index is 853. The second-order valence-electron chi connectivity index (χ2n) is 5.83. The summed E-state index contributed by atoms with van der Waals surface area (Å²) in [5.41, 5.74) is -0.0428. The molecule has 0 spiro atoms. The molecule has 9 heteroatoms. The summed E-state index contributed by atoms with van der Waals surface area (Å²) in [6.07, 6.45) is -3.38. The second kappa shape index (κ2) is 5.98. The van der Waals surface area contributed by atoms with Crippen molar-refractivity contribution >= 4 is 22.8 Å². The third kappa shape index (κ3) is 3.13. The number of aromatic nitrogens is 1. The van der Waals surface area contributed by atoms with Crippen LogP contribution in [0.4, 0.5) is 17.6 Å². The molecule has 1 aromatic heterocycles. The van der Waals surface area contributed by atoms with E-state index in [4.69, 9.17) is 5.11 Å². The van der Waals surface area contributed by atoms with Crippen molar-refractivity contribution in [3.8, 4) is 0 Å². The van der Waals surface area contributed by atoms with Crippen LogP contribution in [0.15, 0.2) is 30.5 Å². The Labute approximate surface area is 138 Å². The molecule has 0 radical (unpaired) electrons. The summed E-state index contributed by atoms with van der Waals surface area (Å²) in [5.74, 6) is -7.15. The number of alkyl halides is 3. The standard InChI is InChI=1S/C16H12F4N2O3/c17-9-4-8-2-1-3-21-13(8)10(5-9)14(23)22-6-11(15(24)25)12(7-22)16(18,19)20/h1-5,11-12H,6-7H2,(H,24,25)/t11-,12-/m1/s1. The van der Waals surface area contributed by atoms with E-state index in [1.54, 1.807) is 0 Å². The Balaban J connectivity index is 1.98. The van der Waals surface area contributed by atoms with Crippen LogP contribution in [0.1, 0.15) is 10.4 Å². The van der Waals surface area contributed by atoms with E-state index in [1.807, 2.05) is 0 Å². The number of pyridine rings is 1. The number of benzene rings is 1. The molecule has 132 valence electrons. The monoisotopic (exact) mass is 356 g/mol. The number of carbonyl (C=O) groups excluding carboxylic acids is 1. The van der Waals surface area contributed by atoms with Gasteiger partial charge in [0.25, 0.3) is 5.91 Å². The lowest BCUT2D eigenvalue weighted by molar-refractivity contribution is -0.187. The van der Waals surface area contributed by atoms with Gasteiger partial charge >= 0.3 is 12.1 Å². The smallest absolute Gasteiger partial charge is 0.394 e. The van der Waals surface area contributed by atoms with Gasteiger partial charge in [-0.1, -0.05) is 6.07 Å². The molecule has 0 unspecified atom stereocenters. The van der Waals surface area contributed by atoms with Gasteiger partial charge in [0.2, 0.25) is 0 Å². The molecular weight excluding hydrogens is 344 g/mol. The Morgan fingerprint density at radius 1 is 1.24 bits per heavy atom. The van der Waals surface area contributed by atoms with Crippen LogP contribution < -0.4 is 0 Å². The molecule has 0 bridgehead atoms. The van der Waals surface area contributed by atoms with Crippen LogP contribution >= 0.6 is 0 Å². The zero-order valence-corrected chi connectivity index (χ0v) is 12.6. The first-order valence-corrected chi connectivity index (χ1v) is 7.31. The third-order valence-electron chi connectivity index (χ3n) is 4.24. The van der Waals surface area contributed by atoms with Crippen LogP contribution in [-0.2, 0) is 4.79 Å². The van der Waals surface area contributed by atoms with E-state index < -0.39 is 48.8 Å². The van der Waals surface area contributed by atoms with Gasteiger partial charge in [-0.2, -0.15) is 13.2 Å². The number of carboxylic acid groups (broad SMARTS) is 1.